The molecule has 0 aliphatic carbocycles. The van der Waals surface area contributed by atoms with Crippen LogP contribution in [0.2, 0.25) is 0 Å². The van der Waals surface area contributed by atoms with Gasteiger partial charge in [-0.3, -0.25) is 18.1 Å². The number of nitrogens with two attached hydrogens (primary N) is 1. The number of nitrogen functional groups attached to an aromatic ring is 1. The fourth-order valence-corrected chi connectivity index (χ4v) is 4.50. The molecule has 2 saturated heterocycles. The molecule has 2 aliphatic rings. The van der Waals surface area contributed by atoms with Gasteiger partial charge in [0, 0.05) is 6.42 Å². The molecule has 0 amide bonds. The summed E-state index contributed by atoms with van der Waals surface area (Å²) >= 11 is 0. The van der Waals surface area contributed by atoms with Gasteiger partial charge in [-0.25, -0.2) is 9.55 Å². The van der Waals surface area contributed by atoms with Gasteiger partial charge in [0.1, 0.15) is 18.4 Å². The summed E-state index contributed by atoms with van der Waals surface area (Å²) < 4.78 is 49.4. The Morgan fingerprint density at radius 2 is 2.24 bits per heavy atom. The van der Waals surface area contributed by atoms with Crippen molar-refractivity contribution in [3.63, 3.8) is 0 Å². The molecule has 2 aliphatic heterocycles. The molecular weight excluding hydrogens is 356 g/mol. The molecule has 0 aromatic carbocycles. The van der Waals surface area contributed by atoms with Gasteiger partial charge in [-0.2, -0.15) is 14.4 Å². The van der Waals surface area contributed by atoms with Crippen LogP contribution in [0.4, 0.5) is 10.2 Å². The van der Waals surface area contributed by atoms with Gasteiger partial charge in [-0.1, -0.05) is 0 Å². The van der Waals surface area contributed by atoms with Crippen molar-refractivity contribution in [3.05, 3.63) is 12.4 Å². The van der Waals surface area contributed by atoms with Crippen molar-refractivity contribution in [2.45, 2.75) is 44.8 Å². The van der Waals surface area contributed by atoms with Crippen molar-refractivity contribution in [3.8, 4) is 0 Å². The zero-order valence-corrected chi connectivity index (χ0v) is 14.4. The number of hydrogen-bond acceptors (Lipinski definition) is 9. The Morgan fingerprint density at radius 1 is 1.44 bits per heavy atom. The molecule has 0 radical (unpaired) electrons. The van der Waals surface area contributed by atoms with Crippen LogP contribution in [0.15, 0.2) is 6.33 Å². The van der Waals surface area contributed by atoms with E-state index in [9.17, 15) is 8.96 Å². The Bertz CT molecular complexity index is 861. The van der Waals surface area contributed by atoms with Crippen molar-refractivity contribution < 1.29 is 27.3 Å². The van der Waals surface area contributed by atoms with E-state index in [-0.39, 0.29) is 29.7 Å². The molecular formula is C13H17FN5O5P. The van der Waals surface area contributed by atoms with Crippen molar-refractivity contribution in [1.82, 2.24) is 19.5 Å². The number of aromatic nitrogens is 4. The van der Waals surface area contributed by atoms with Gasteiger partial charge in [0.2, 0.25) is 0 Å². The molecule has 4 heterocycles. The normalized spacial score (nSPS) is 32.4. The molecule has 4 unspecified atom stereocenters. The third-order valence-electron chi connectivity index (χ3n) is 3.91. The van der Waals surface area contributed by atoms with Crippen LogP contribution in [0.25, 0.3) is 11.2 Å². The maximum absolute atomic E-state index is 13.5. The van der Waals surface area contributed by atoms with Gasteiger partial charge in [0.15, 0.2) is 17.0 Å². The lowest BCUT2D eigenvalue weighted by molar-refractivity contribution is -0.0733. The first-order valence-corrected chi connectivity index (χ1v) is 9.23. The summed E-state index contributed by atoms with van der Waals surface area (Å²) in [5.74, 6) is -0.0499. The van der Waals surface area contributed by atoms with E-state index < -0.39 is 32.3 Å². The van der Waals surface area contributed by atoms with E-state index in [1.807, 2.05) is 0 Å². The lowest BCUT2D eigenvalue weighted by Gasteiger charge is -2.30. The minimum absolute atomic E-state index is 0.0499. The first-order chi connectivity index (χ1) is 11.8. The number of ether oxygens (including phenoxy) is 1. The topological polar surface area (TPSA) is 124 Å². The van der Waals surface area contributed by atoms with Gasteiger partial charge in [0.05, 0.1) is 19.0 Å². The Morgan fingerprint density at radius 3 is 3.00 bits per heavy atom. The summed E-state index contributed by atoms with van der Waals surface area (Å²) in [4.78, 5) is 11.3. The standard InChI is InChI=1S/C13H17FN5O5P/c1-6(2)23-25(20)21-4-8-7(24-25)3-9(22-8)19-5-16-10-11(15)17-13(14)18-12(10)19/h5-9H,3-4H2,1-2H3,(H2,15,17,18). The van der Waals surface area contributed by atoms with Gasteiger partial charge >= 0.3 is 13.9 Å². The number of rotatable bonds is 3. The third kappa shape index (κ3) is 3.02. The molecule has 2 N–H and O–H groups in total. The molecule has 0 bridgehead atoms. The molecule has 0 saturated carbocycles. The SMILES string of the molecule is CC(C)OP1(=O)OCC2OC(n3cnc4c(N)nc(F)nc43)CC2O1. The zero-order chi connectivity index (χ0) is 17.8. The summed E-state index contributed by atoms with van der Waals surface area (Å²) in [6.07, 6.45) is -0.895. The van der Waals surface area contributed by atoms with E-state index in [1.165, 1.54) is 6.33 Å². The van der Waals surface area contributed by atoms with Crippen LogP contribution in [0.5, 0.6) is 0 Å². The monoisotopic (exact) mass is 373 g/mol. The fraction of sp³-hybridized carbons (Fsp3) is 0.615. The van der Waals surface area contributed by atoms with Gasteiger partial charge in [-0.05, 0) is 13.8 Å². The number of fused-ring (bicyclic) bond motifs is 2. The number of halogens is 1. The van der Waals surface area contributed by atoms with E-state index >= 15 is 0 Å². The van der Waals surface area contributed by atoms with Crippen molar-refractivity contribution in [2.24, 2.45) is 0 Å². The minimum atomic E-state index is -3.62. The maximum atomic E-state index is 13.5. The fourth-order valence-electron chi connectivity index (χ4n) is 2.93. The van der Waals surface area contributed by atoms with Crippen LogP contribution in [-0.2, 0) is 22.9 Å². The molecule has 4 atom stereocenters. The van der Waals surface area contributed by atoms with Gasteiger partial charge in [-0.15, -0.1) is 0 Å². The number of anilines is 1. The molecule has 25 heavy (non-hydrogen) atoms. The van der Waals surface area contributed by atoms with Gasteiger partial charge in [0.25, 0.3) is 0 Å². The molecule has 2 aromatic heterocycles. The molecule has 10 nitrogen and oxygen atoms in total. The summed E-state index contributed by atoms with van der Waals surface area (Å²) in [6, 6.07) is 0. The highest BCUT2D eigenvalue weighted by Crippen LogP contribution is 2.57. The second kappa shape index (κ2) is 5.96. The molecule has 2 aromatic rings. The number of hydrogen-bond donors (Lipinski definition) is 1. The van der Waals surface area contributed by atoms with Crippen LogP contribution >= 0.6 is 7.82 Å². The van der Waals surface area contributed by atoms with E-state index in [0.717, 1.165) is 0 Å². The second-order valence-corrected chi connectivity index (χ2v) is 7.68. The Kier molecular flexibility index (Phi) is 4.00. The highest BCUT2D eigenvalue weighted by atomic mass is 31.2. The quantitative estimate of drug-likeness (QED) is 0.633. The van der Waals surface area contributed by atoms with E-state index in [0.29, 0.717) is 6.42 Å². The summed E-state index contributed by atoms with van der Waals surface area (Å²) in [6.45, 7) is 3.55. The molecule has 12 heteroatoms. The Labute approximate surface area is 142 Å². The smallest absolute Gasteiger partial charge is 0.382 e. The number of nitrogens with zero attached hydrogens (tertiary/aromatic N) is 4. The van der Waals surface area contributed by atoms with Crippen LogP contribution in [0.3, 0.4) is 0 Å². The summed E-state index contributed by atoms with van der Waals surface area (Å²) in [5, 5.41) is 0. The van der Waals surface area contributed by atoms with Gasteiger partial charge < -0.3 is 10.5 Å². The number of imidazole rings is 1. The maximum Gasteiger partial charge on any atom is 0.475 e. The predicted octanol–water partition coefficient (Wildman–Crippen LogP) is 1.78. The zero-order valence-electron chi connectivity index (χ0n) is 13.5. The lowest BCUT2D eigenvalue weighted by Crippen LogP contribution is -2.33. The molecule has 4 rings (SSSR count). The molecule has 136 valence electrons. The highest BCUT2D eigenvalue weighted by molar-refractivity contribution is 7.48. The third-order valence-corrected chi connectivity index (χ3v) is 5.59. The summed E-state index contributed by atoms with van der Waals surface area (Å²) in [5.41, 5.74) is 6.16. The molecule has 2 fully saturated rings. The first-order valence-electron chi connectivity index (χ1n) is 7.77. The van der Waals surface area contributed by atoms with Crippen molar-refractivity contribution >= 4 is 24.8 Å². The van der Waals surface area contributed by atoms with Crippen LogP contribution < -0.4 is 5.73 Å². The van der Waals surface area contributed by atoms with Crippen LogP contribution in [0, 0.1) is 6.08 Å². The van der Waals surface area contributed by atoms with Crippen molar-refractivity contribution in [2.75, 3.05) is 12.3 Å². The molecule has 0 spiro atoms. The average Bonchev–Trinajstić information content (AvgIpc) is 3.08. The van der Waals surface area contributed by atoms with E-state index in [2.05, 4.69) is 15.0 Å². The van der Waals surface area contributed by atoms with E-state index in [4.69, 9.17) is 24.0 Å². The highest BCUT2D eigenvalue weighted by Gasteiger charge is 2.48. The van der Waals surface area contributed by atoms with Crippen molar-refractivity contribution in [1.29, 1.82) is 0 Å². The Hall–Kier alpha value is -1.65. The predicted molar refractivity (Wildman–Crippen MR) is 82.9 cm³/mol. The van der Waals surface area contributed by atoms with Crippen LogP contribution in [-0.4, -0.2) is 44.4 Å². The minimum Gasteiger partial charge on any atom is -0.382 e. The van der Waals surface area contributed by atoms with Crippen LogP contribution in [0.1, 0.15) is 26.5 Å². The summed E-state index contributed by atoms with van der Waals surface area (Å²) in [7, 11) is -3.62. The first kappa shape index (κ1) is 16.8. The second-order valence-electron chi connectivity index (χ2n) is 6.11. The largest absolute Gasteiger partial charge is 0.475 e. The average molecular weight is 373 g/mol. The number of phosphoric ester groups is 1. The lowest BCUT2D eigenvalue weighted by atomic mass is 10.2. The Balaban J connectivity index is 1.58. The van der Waals surface area contributed by atoms with E-state index in [1.54, 1.807) is 18.4 Å². The number of phosphoric acid groups is 1.